The van der Waals surface area contributed by atoms with Crippen LogP contribution in [0.25, 0.3) is 0 Å². The van der Waals surface area contributed by atoms with E-state index in [1.807, 2.05) is 0 Å². The van der Waals surface area contributed by atoms with E-state index < -0.39 is 17.4 Å². The average Bonchev–Trinajstić information content (AvgIpc) is 2.97. The molecule has 0 aromatic heterocycles. The Morgan fingerprint density at radius 2 is 2.00 bits per heavy atom. The van der Waals surface area contributed by atoms with Crippen LogP contribution in [-0.4, -0.2) is 31.5 Å². The molecule has 8 heteroatoms. The molecule has 2 rings (SSSR count). The highest BCUT2D eigenvalue weighted by molar-refractivity contribution is 6.16. The van der Waals surface area contributed by atoms with E-state index >= 15 is 0 Å². The third-order valence-corrected chi connectivity index (χ3v) is 2.75. The van der Waals surface area contributed by atoms with Crippen molar-refractivity contribution in [2.75, 3.05) is 13.7 Å². The molecule has 1 aromatic carbocycles. The molecule has 0 saturated carbocycles. The van der Waals surface area contributed by atoms with E-state index in [-0.39, 0.29) is 18.4 Å². The van der Waals surface area contributed by atoms with Gasteiger partial charge in [0.15, 0.2) is 5.57 Å². The van der Waals surface area contributed by atoms with Crippen LogP contribution >= 0.6 is 0 Å². The molecule has 3 N–H and O–H groups in total. The van der Waals surface area contributed by atoms with Gasteiger partial charge >= 0.3 is 5.97 Å². The Kier molecular flexibility index (Phi) is 4.62. The minimum Gasteiger partial charge on any atom is -0.497 e. The maximum absolute atomic E-state index is 11.7. The number of amides is 1. The molecular weight excluding hydrogens is 290 g/mol. The number of hydrogen-bond donors (Lipinski definition) is 2. The highest BCUT2D eigenvalue weighted by Crippen LogP contribution is 2.18. The second kappa shape index (κ2) is 6.61. The topological polar surface area (TPSA) is 112 Å². The molecule has 1 aliphatic rings. The number of ether oxygens (including phenoxy) is 3. The standard InChI is InChI=1S/C14H15N3O5/c1-3-21-14(19)10(11(15)18)13-17-16-12(22-13)8-4-6-9(20-2)7-5-8/h4-7,17H,3H2,1-2H3,(H2,15,18). The Morgan fingerprint density at radius 3 is 2.55 bits per heavy atom. The van der Waals surface area contributed by atoms with E-state index in [1.54, 1.807) is 38.3 Å². The number of primary amides is 1. The molecule has 116 valence electrons. The highest BCUT2D eigenvalue weighted by Gasteiger charge is 2.28. The maximum atomic E-state index is 11.7. The van der Waals surface area contributed by atoms with Crippen molar-refractivity contribution in [3.63, 3.8) is 0 Å². The number of nitrogens with two attached hydrogens (primary N) is 1. The van der Waals surface area contributed by atoms with Gasteiger partial charge < -0.3 is 19.9 Å². The van der Waals surface area contributed by atoms with Crippen LogP contribution < -0.4 is 15.9 Å². The van der Waals surface area contributed by atoms with Crippen LogP contribution in [0, 0.1) is 0 Å². The second-order valence-electron chi connectivity index (χ2n) is 4.15. The van der Waals surface area contributed by atoms with E-state index in [1.165, 1.54) is 0 Å². The zero-order valence-electron chi connectivity index (χ0n) is 12.1. The second-order valence-corrected chi connectivity index (χ2v) is 4.15. The number of carbonyl (C=O) groups is 2. The molecule has 22 heavy (non-hydrogen) atoms. The van der Waals surface area contributed by atoms with Crippen molar-refractivity contribution in [2.24, 2.45) is 10.8 Å². The summed E-state index contributed by atoms with van der Waals surface area (Å²) in [7, 11) is 1.56. The van der Waals surface area contributed by atoms with Gasteiger partial charge in [0, 0.05) is 5.56 Å². The van der Waals surface area contributed by atoms with Gasteiger partial charge in [0.25, 0.3) is 5.91 Å². The van der Waals surface area contributed by atoms with Gasteiger partial charge in [0.2, 0.25) is 11.8 Å². The smallest absolute Gasteiger partial charge is 0.349 e. The Morgan fingerprint density at radius 1 is 1.32 bits per heavy atom. The molecule has 0 atom stereocenters. The summed E-state index contributed by atoms with van der Waals surface area (Å²) in [5.41, 5.74) is 7.86. The minimum absolute atomic E-state index is 0.106. The zero-order chi connectivity index (χ0) is 16.1. The predicted molar refractivity (Wildman–Crippen MR) is 76.6 cm³/mol. The predicted octanol–water partition coefficient (Wildman–Crippen LogP) is 0.237. The number of nitrogens with zero attached hydrogens (tertiary/aromatic N) is 1. The van der Waals surface area contributed by atoms with E-state index in [0.717, 1.165) is 0 Å². The average molecular weight is 305 g/mol. The lowest BCUT2D eigenvalue weighted by atomic mass is 10.2. The molecule has 0 unspecified atom stereocenters. The Hall–Kier alpha value is -3.03. The van der Waals surface area contributed by atoms with Gasteiger partial charge in [-0.25, -0.2) is 10.2 Å². The molecule has 0 spiro atoms. The van der Waals surface area contributed by atoms with Gasteiger partial charge in [-0.2, -0.15) is 0 Å². The van der Waals surface area contributed by atoms with E-state index in [9.17, 15) is 9.59 Å². The van der Waals surface area contributed by atoms with Crippen LogP contribution in [-0.2, 0) is 19.1 Å². The largest absolute Gasteiger partial charge is 0.497 e. The summed E-state index contributed by atoms with van der Waals surface area (Å²) in [5, 5.41) is 3.92. The number of hydrogen-bond acceptors (Lipinski definition) is 7. The molecule has 1 amide bonds. The van der Waals surface area contributed by atoms with Gasteiger partial charge in [0.05, 0.1) is 13.7 Å². The van der Waals surface area contributed by atoms with Crippen LogP contribution in [0.4, 0.5) is 0 Å². The van der Waals surface area contributed by atoms with Crippen LogP contribution in [0.3, 0.4) is 0 Å². The number of carbonyl (C=O) groups excluding carboxylic acids is 2. The Balaban J connectivity index is 2.22. The first-order valence-electron chi connectivity index (χ1n) is 6.44. The number of esters is 1. The molecule has 1 heterocycles. The van der Waals surface area contributed by atoms with Crippen molar-refractivity contribution in [1.29, 1.82) is 0 Å². The van der Waals surface area contributed by atoms with E-state index in [2.05, 4.69) is 10.5 Å². The van der Waals surface area contributed by atoms with Gasteiger partial charge in [-0.15, -0.1) is 5.10 Å². The van der Waals surface area contributed by atoms with Crippen molar-refractivity contribution in [2.45, 2.75) is 6.92 Å². The summed E-state index contributed by atoms with van der Waals surface area (Å²) in [6.45, 7) is 1.72. The van der Waals surface area contributed by atoms with Crippen molar-refractivity contribution in [1.82, 2.24) is 5.43 Å². The number of nitrogens with one attached hydrogen (secondary N) is 1. The van der Waals surface area contributed by atoms with Gasteiger partial charge in [-0.05, 0) is 31.2 Å². The third kappa shape index (κ3) is 3.17. The van der Waals surface area contributed by atoms with Crippen molar-refractivity contribution in [3.05, 3.63) is 41.3 Å². The van der Waals surface area contributed by atoms with Crippen LogP contribution in [0.15, 0.2) is 40.8 Å². The molecule has 1 aliphatic heterocycles. The fourth-order valence-electron chi connectivity index (χ4n) is 1.72. The fraction of sp³-hybridized carbons (Fsp3) is 0.214. The Labute approximate surface area is 126 Å². The van der Waals surface area contributed by atoms with Crippen LogP contribution in [0.5, 0.6) is 5.75 Å². The fourth-order valence-corrected chi connectivity index (χ4v) is 1.72. The van der Waals surface area contributed by atoms with Crippen molar-refractivity contribution in [3.8, 4) is 5.75 Å². The normalized spacial score (nSPS) is 15.3. The first kappa shape index (κ1) is 15.4. The van der Waals surface area contributed by atoms with Gasteiger partial charge in [0.1, 0.15) is 5.75 Å². The lowest BCUT2D eigenvalue weighted by Gasteiger charge is -2.07. The molecular formula is C14H15N3O5. The lowest BCUT2D eigenvalue weighted by molar-refractivity contribution is -0.140. The molecule has 0 bridgehead atoms. The van der Waals surface area contributed by atoms with Crippen molar-refractivity contribution < 1.29 is 23.8 Å². The summed E-state index contributed by atoms with van der Waals surface area (Å²) in [6.07, 6.45) is 0. The van der Waals surface area contributed by atoms with Crippen LogP contribution in [0.2, 0.25) is 0 Å². The molecule has 0 saturated heterocycles. The number of hydrazone groups is 1. The van der Waals surface area contributed by atoms with E-state index in [0.29, 0.717) is 11.3 Å². The van der Waals surface area contributed by atoms with Crippen molar-refractivity contribution >= 4 is 17.8 Å². The molecule has 0 radical (unpaired) electrons. The summed E-state index contributed by atoms with van der Waals surface area (Å²) >= 11 is 0. The summed E-state index contributed by atoms with van der Waals surface area (Å²) in [5.74, 6) is -1.12. The summed E-state index contributed by atoms with van der Waals surface area (Å²) in [6, 6.07) is 6.89. The first-order chi connectivity index (χ1) is 10.6. The molecule has 8 nitrogen and oxygen atoms in total. The SMILES string of the molecule is CCOC(=O)C(C(N)=O)=C1NN=C(c2ccc(OC)cc2)O1. The molecule has 0 aliphatic carbocycles. The summed E-state index contributed by atoms with van der Waals surface area (Å²) in [4.78, 5) is 23.1. The maximum Gasteiger partial charge on any atom is 0.349 e. The number of rotatable bonds is 5. The number of benzene rings is 1. The monoisotopic (exact) mass is 305 g/mol. The van der Waals surface area contributed by atoms with Gasteiger partial charge in [-0.3, -0.25) is 4.79 Å². The first-order valence-corrected chi connectivity index (χ1v) is 6.44. The van der Waals surface area contributed by atoms with Gasteiger partial charge in [-0.1, -0.05) is 0 Å². The lowest BCUT2D eigenvalue weighted by Crippen LogP contribution is -2.27. The van der Waals surface area contributed by atoms with E-state index in [4.69, 9.17) is 19.9 Å². The molecule has 0 fully saturated rings. The third-order valence-electron chi connectivity index (χ3n) is 2.75. The quantitative estimate of drug-likeness (QED) is 0.349. The van der Waals surface area contributed by atoms with Crippen LogP contribution in [0.1, 0.15) is 12.5 Å². The molecule has 1 aromatic rings. The zero-order valence-corrected chi connectivity index (χ0v) is 12.1. The minimum atomic E-state index is -0.966. The number of methoxy groups -OCH3 is 1. The Bertz CT molecular complexity index is 649. The summed E-state index contributed by atoms with van der Waals surface area (Å²) < 4.78 is 15.2. The highest BCUT2D eigenvalue weighted by atomic mass is 16.5.